The minimum atomic E-state index is 0.378. The first kappa shape index (κ1) is 14.7. The molecule has 2 heterocycles. The maximum Gasteiger partial charge on any atom is 0.142 e. The summed E-state index contributed by atoms with van der Waals surface area (Å²) in [5.74, 6) is 1.58. The minimum Gasteiger partial charge on any atom is -0.485 e. The van der Waals surface area contributed by atoms with Crippen LogP contribution in [0.3, 0.4) is 0 Å². The fraction of sp³-hybridized carbons (Fsp3) is 0.526. The van der Waals surface area contributed by atoms with E-state index in [0.29, 0.717) is 30.1 Å². The van der Waals surface area contributed by atoms with Crippen molar-refractivity contribution in [3.8, 4) is 5.75 Å². The fourth-order valence-corrected chi connectivity index (χ4v) is 5.34. The number of benzene rings is 1. The third-order valence-corrected chi connectivity index (χ3v) is 6.73. The molecule has 3 atom stereocenters. The Bertz CT molecular complexity index is 714. The molecule has 3 fully saturated rings. The van der Waals surface area contributed by atoms with Crippen molar-refractivity contribution in [1.82, 2.24) is 4.98 Å². The first-order valence-corrected chi connectivity index (χ1v) is 9.78. The summed E-state index contributed by atoms with van der Waals surface area (Å²) in [5, 5.41) is 5.85. The van der Waals surface area contributed by atoms with Crippen LogP contribution in [0.5, 0.6) is 5.75 Å². The van der Waals surface area contributed by atoms with Crippen LogP contribution in [0, 0.1) is 11.3 Å². The standard InChI is InChI=1S/C19H22N2O2S/c1-2-5-16(23-10-13-11-24-12-20-13)15(4-1)21-17-14-6-9-22-18(14)19(17)7-3-8-19/h1-2,4-5,11-12,14,17-18,21H,3,6-10H2/t14-,17-,18-/m1/s1. The van der Waals surface area contributed by atoms with Crippen LogP contribution in [-0.4, -0.2) is 23.7 Å². The summed E-state index contributed by atoms with van der Waals surface area (Å²) >= 11 is 1.60. The molecule has 1 aromatic heterocycles. The van der Waals surface area contributed by atoms with Crippen molar-refractivity contribution in [2.75, 3.05) is 11.9 Å². The third kappa shape index (κ3) is 2.18. The van der Waals surface area contributed by atoms with Gasteiger partial charge < -0.3 is 14.8 Å². The zero-order valence-corrected chi connectivity index (χ0v) is 14.4. The van der Waals surface area contributed by atoms with Gasteiger partial charge in [-0.05, 0) is 31.4 Å². The Labute approximate surface area is 146 Å². The van der Waals surface area contributed by atoms with E-state index in [0.717, 1.165) is 23.7 Å². The Morgan fingerprint density at radius 1 is 1.33 bits per heavy atom. The summed E-state index contributed by atoms with van der Waals surface area (Å²) < 4.78 is 12.1. The Kier molecular flexibility index (Phi) is 3.52. The highest BCUT2D eigenvalue weighted by Gasteiger charge is 2.66. The van der Waals surface area contributed by atoms with Gasteiger partial charge in [0.05, 0.1) is 23.0 Å². The monoisotopic (exact) mass is 342 g/mol. The molecule has 126 valence electrons. The summed E-state index contributed by atoms with van der Waals surface area (Å²) in [6.07, 6.45) is 5.62. The van der Waals surface area contributed by atoms with Crippen molar-refractivity contribution in [3.63, 3.8) is 0 Å². The summed E-state index contributed by atoms with van der Waals surface area (Å²) in [7, 11) is 0. The van der Waals surface area contributed by atoms with Crippen LogP contribution in [0.15, 0.2) is 35.2 Å². The summed E-state index contributed by atoms with van der Waals surface area (Å²) in [5.41, 5.74) is 4.31. The largest absolute Gasteiger partial charge is 0.485 e. The number of fused-ring (bicyclic) bond motifs is 2. The maximum atomic E-state index is 6.03. The molecule has 0 radical (unpaired) electrons. The zero-order chi connectivity index (χ0) is 16.0. The second-order valence-corrected chi connectivity index (χ2v) is 7.94. The summed E-state index contributed by atoms with van der Waals surface area (Å²) in [6.45, 7) is 1.45. The fourth-order valence-electron chi connectivity index (χ4n) is 4.80. The molecule has 0 amide bonds. The zero-order valence-electron chi connectivity index (χ0n) is 13.6. The molecule has 1 N–H and O–H groups in total. The molecule has 0 unspecified atom stereocenters. The maximum absolute atomic E-state index is 6.03. The van der Waals surface area contributed by atoms with Gasteiger partial charge in [-0.3, -0.25) is 0 Å². The molecule has 4 nitrogen and oxygen atoms in total. The number of ether oxygens (including phenoxy) is 2. The van der Waals surface area contributed by atoms with E-state index in [1.54, 1.807) is 11.3 Å². The first-order valence-electron chi connectivity index (χ1n) is 8.84. The number of hydrogen-bond acceptors (Lipinski definition) is 5. The SMILES string of the molecule is c1ccc(OCc2cscn2)c(N[C@@H]2[C@H]3CCO[C@H]3C23CCC3)c1. The van der Waals surface area contributed by atoms with Gasteiger partial charge in [0.15, 0.2) is 0 Å². The van der Waals surface area contributed by atoms with Crippen LogP contribution in [0.2, 0.25) is 0 Å². The van der Waals surface area contributed by atoms with Crippen molar-refractivity contribution in [3.05, 3.63) is 40.8 Å². The van der Waals surface area contributed by atoms with Crippen molar-refractivity contribution < 1.29 is 9.47 Å². The van der Waals surface area contributed by atoms with Crippen LogP contribution in [-0.2, 0) is 11.3 Å². The van der Waals surface area contributed by atoms with Crippen molar-refractivity contribution in [1.29, 1.82) is 0 Å². The molecule has 1 aliphatic heterocycles. The molecule has 3 aliphatic rings. The van der Waals surface area contributed by atoms with Crippen molar-refractivity contribution in [2.24, 2.45) is 11.3 Å². The van der Waals surface area contributed by atoms with Gasteiger partial charge in [-0.1, -0.05) is 18.6 Å². The molecule has 1 spiro atoms. The molecule has 5 heteroatoms. The van der Waals surface area contributed by atoms with Gasteiger partial charge in [0.2, 0.25) is 0 Å². The highest BCUT2D eigenvalue weighted by Crippen LogP contribution is 2.63. The minimum absolute atomic E-state index is 0.378. The van der Waals surface area contributed by atoms with E-state index in [2.05, 4.69) is 22.4 Å². The summed E-state index contributed by atoms with van der Waals surface area (Å²) in [6, 6.07) is 8.81. The second kappa shape index (κ2) is 5.74. The quantitative estimate of drug-likeness (QED) is 0.889. The van der Waals surface area contributed by atoms with E-state index in [1.165, 1.54) is 25.7 Å². The molecule has 1 aromatic carbocycles. The lowest BCUT2D eigenvalue weighted by Crippen LogP contribution is -2.68. The smallest absolute Gasteiger partial charge is 0.142 e. The van der Waals surface area contributed by atoms with Crippen LogP contribution in [0.25, 0.3) is 0 Å². The number of aromatic nitrogens is 1. The van der Waals surface area contributed by atoms with Gasteiger partial charge in [-0.25, -0.2) is 4.98 Å². The number of anilines is 1. The highest BCUT2D eigenvalue weighted by molar-refractivity contribution is 7.07. The lowest BCUT2D eigenvalue weighted by molar-refractivity contribution is -0.158. The molecule has 2 saturated carbocycles. The van der Waals surface area contributed by atoms with E-state index in [1.807, 2.05) is 23.0 Å². The molecule has 24 heavy (non-hydrogen) atoms. The lowest BCUT2D eigenvalue weighted by atomic mass is 9.46. The third-order valence-electron chi connectivity index (χ3n) is 6.09. The predicted octanol–water partition coefficient (Wildman–Crippen LogP) is 4.09. The van der Waals surface area contributed by atoms with E-state index in [-0.39, 0.29) is 0 Å². The van der Waals surface area contributed by atoms with Crippen molar-refractivity contribution in [2.45, 2.75) is 44.4 Å². The van der Waals surface area contributed by atoms with E-state index in [9.17, 15) is 0 Å². The number of nitrogens with zero attached hydrogens (tertiary/aromatic N) is 1. The number of nitrogens with one attached hydrogen (secondary N) is 1. The van der Waals surface area contributed by atoms with Crippen LogP contribution >= 0.6 is 11.3 Å². The Hall–Kier alpha value is -1.59. The number of rotatable bonds is 5. The molecular formula is C19H22N2O2S. The first-order chi connectivity index (χ1) is 11.9. The van der Waals surface area contributed by atoms with Gasteiger partial charge in [0.25, 0.3) is 0 Å². The average molecular weight is 342 g/mol. The molecule has 5 rings (SSSR count). The Morgan fingerprint density at radius 3 is 3.04 bits per heavy atom. The Morgan fingerprint density at radius 2 is 2.25 bits per heavy atom. The molecular weight excluding hydrogens is 320 g/mol. The van der Waals surface area contributed by atoms with Crippen LogP contribution < -0.4 is 10.1 Å². The van der Waals surface area contributed by atoms with Gasteiger partial charge >= 0.3 is 0 Å². The number of hydrogen-bond donors (Lipinski definition) is 1. The van der Waals surface area contributed by atoms with E-state index < -0.39 is 0 Å². The van der Waals surface area contributed by atoms with Crippen LogP contribution in [0.4, 0.5) is 5.69 Å². The predicted molar refractivity (Wildman–Crippen MR) is 94.4 cm³/mol. The molecule has 2 aromatic rings. The van der Waals surface area contributed by atoms with Crippen molar-refractivity contribution >= 4 is 17.0 Å². The number of para-hydroxylation sites is 2. The normalized spacial score (nSPS) is 29.6. The van der Waals surface area contributed by atoms with Gasteiger partial charge in [-0.15, -0.1) is 11.3 Å². The Balaban J connectivity index is 1.34. The average Bonchev–Trinajstić information content (AvgIpc) is 3.20. The second-order valence-electron chi connectivity index (χ2n) is 7.22. The van der Waals surface area contributed by atoms with Crippen LogP contribution in [0.1, 0.15) is 31.4 Å². The summed E-state index contributed by atoms with van der Waals surface area (Å²) in [4.78, 5) is 4.29. The van der Waals surface area contributed by atoms with Gasteiger partial charge in [-0.2, -0.15) is 0 Å². The molecule has 1 saturated heterocycles. The lowest BCUT2D eigenvalue weighted by Gasteiger charge is -2.63. The highest BCUT2D eigenvalue weighted by atomic mass is 32.1. The van der Waals surface area contributed by atoms with E-state index in [4.69, 9.17) is 9.47 Å². The number of thiazole rings is 1. The van der Waals surface area contributed by atoms with Gasteiger partial charge in [0.1, 0.15) is 12.4 Å². The topological polar surface area (TPSA) is 43.4 Å². The van der Waals surface area contributed by atoms with E-state index >= 15 is 0 Å². The molecule has 0 bridgehead atoms. The molecule has 2 aliphatic carbocycles. The van der Waals surface area contributed by atoms with Gasteiger partial charge in [0, 0.05) is 29.4 Å².